The number of ether oxygens (including phenoxy) is 2. The minimum atomic E-state index is -0.605. The Labute approximate surface area is 158 Å². The highest BCUT2D eigenvalue weighted by atomic mass is 16.5. The Balaban J connectivity index is 1.63. The highest BCUT2D eigenvalue weighted by Gasteiger charge is 2.45. The zero-order valence-corrected chi connectivity index (χ0v) is 15.1. The second kappa shape index (κ2) is 6.13. The number of nitrogens with zero attached hydrogens (tertiary/aromatic N) is 1. The van der Waals surface area contributed by atoms with Crippen LogP contribution in [-0.2, 0) is 10.3 Å². The maximum atomic E-state index is 6.65. The van der Waals surface area contributed by atoms with Crippen molar-refractivity contribution >= 4 is 18.0 Å². The lowest BCUT2D eigenvalue weighted by molar-refractivity contribution is 0.132. The van der Waals surface area contributed by atoms with E-state index in [-0.39, 0.29) is 0 Å². The maximum Gasteiger partial charge on any atom is 0.217 e. The van der Waals surface area contributed by atoms with Crippen LogP contribution in [0.15, 0.2) is 77.8 Å². The minimum absolute atomic E-state index is 0.560. The molecule has 3 aromatic carbocycles. The van der Waals surface area contributed by atoms with Crippen LogP contribution in [0.5, 0.6) is 5.75 Å². The summed E-state index contributed by atoms with van der Waals surface area (Å²) in [7, 11) is 1.67. The van der Waals surface area contributed by atoms with Gasteiger partial charge in [0, 0.05) is 16.7 Å². The first-order valence-electron chi connectivity index (χ1n) is 9.05. The van der Waals surface area contributed by atoms with E-state index in [1.807, 2.05) is 24.3 Å². The Morgan fingerprint density at radius 1 is 0.815 bits per heavy atom. The van der Waals surface area contributed by atoms with E-state index in [0.29, 0.717) is 12.4 Å². The molecule has 132 valence electrons. The first kappa shape index (κ1) is 15.9. The second-order valence-electron chi connectivity index (χ2n) is 6.79. The van der Waals surface area contributed by atoms with Gasteiger partial charge in [-0.3, -0.25) is 0 Å². The first-order chi connectivity index (χ1) is 13.3. The minimum Gasteiger partial charge on any atom is -0.497 e. The van der Waals surface area contributed by atoms with Crippen molar-refractivity contribution in [3.63, 3.8) is 0 Å². The molecule has 3 aromatic rings. The van der Waals surface area contributed by atoms with Crippen LogP contribution < -0.4 is 4.74 Å². The molecule has 0 amide bonds. The Morgan fingerprint density at radius 3 is 2.00 bits per heavy atom. The summed E-state index contributed by atoms with van der Waals surface area (Å²) >= 11 is 0. The standard InChI is InChI=1S/C24H19NO2/c1-26-20-14-12-19(13-15-20)23-25-16-24(27-23)21-8-4-2-6-17(21)10-11-18-7-3-5-9-22(18)24/h2-15H,16H2,1H3. The smallest absolute Gasteiger partial charge is 0.217 e. The average molecular weight is 353 g/mol. The molecular formula is C24H19NO2. The van der Waals surface area contributed by atoms with Crippen molar-refractivity contribution in [1.29, 1.82) is 0 Å². The van der Waals surface area contributed by atoms with Crippen molar-refractivity contribution in [3.8, 4) is 5.75 Å². The quantitative estimate of drug-likeness (QED) is 0.656. The lowest BCUT2D eigenvalue weighted by Crippen LogP contribution is -2.33. The third kappa shape index (κ3) is 2.47. The van der Waals surface area contributed by atoms with E-state index in [0.717, 1.165) is 22.4 Å². The second-order valence-corrected chi connectivity index (χ2v) is 6.79. The molecule has 5 rings (SSSR count). The molecule has 0 atom stereocenters. The molecule has 0 N–H and O–H groups in total. The largest absolute Gasteiger partial charge is 0.497 e. The van der Waals surface area contributed by atoms with Gasteiger partial charge in [0.2, 0.25) is 5.90 Å². The van der Waals surface area contributed by atoms with Gasteiger partial charge in [0.1, 0.15) is 5.75 Å². The zero-order chi connectivity index (χ0) is 18.3. The monoisotopic (exact) mass is 353 g/mol. The van der Waals surface area contributed by atoms with E-state index in [1.165, 1.54) is 11.1 Å². The van der Waals surface area contributed by atoms with E-state index in [4.69, 9.17) is 14.5 Å². The fourth-order valence-electron chi connectivity index (χ4n) is 3.92. The van der Waals surface area contributed by atoms with Crippen LogP contribution in [0.2, 0.25) is 0 Å². The lowest BCUT2D eigenvalue weighted by atomic mass is 9.83. The normalized spacial score (nSPS) is 16.1. The number of benzene rings is 3. The molecule has 1 heterocycles. The third-order valence-corrected chi connectivity index (χ3v) is 5.29. The van der Waals surface area contributed by atoms with Gasteiger partial charge in [-0.15, -0.1) is 0 Å². The average Bonchev–Trinajstić information content (AvgIpc) is 3.13. The van der Waals surface area contributed by atoms with Crippen LogP contribution in [0.25, 0.3) is 12.2 Å². The van der Waals surface area contributed by atoms with Crippen LogP contribution in [0.3, 0.4) is 0 Å². The summed E-state index contributed by atoms with van der Waals surface area (Å²) in [5.41, 5.74) is 4.99. The van der Waals surface area contributed by atoms with Gasteiger partial charge in [0.05, 0.1) is 13.7 Å². The Hall–Kier alpha value is -3.33. The molecule has 0 fully saturated rings. The molecule has 2 aliphatic rings. The number of aliphatic imine (C=N–C) groups is 1. The molecule has 27 heavy (non-hydrogen) atoms. The van der Waals surface area contributed by atoms with Crippen molar-refractivity contribution in [3.05, 3.63) is 101 Å². The first-order valence-corrected chi connectivity index (χ1v) is 9.05. The van der Waals surface area contributed by atoms with Gasteiger partial charge in [-0.25, -0.2) is 4.99 Å². The molecule has 0 bridgehead atoms. The third-order valence-electron chi connectivity index (χ3n) is 5.29. The Bertz CT molecular complexity index is 1010. The summed E-state index contributed by atoms with van der Waals surface area (Å²) < 4.78 is 11.9. The van der Waals surface area contributed by atoms with Crippen molar-refractivity contribution in [2.75, 3.05) is 13.7 Å². The van der Waals surface area contributed by atoms with E-state index >= 15 is 0 Å². The number of methoxy groups -OCH3 is 1. The molecule has 1 spiro atoms. The van der Waals surface area contributed by atoms with Gasteiger partial charge in [0.15, 0.2) is 5.60 Å². The van der Waals surface area contributed by atoms with Crippen LogP contribution >= 0.6 is 0 Å². The van der Waals surface area contributed by atoms with Gasteiger partial charge in [-0.1, -0.05) is 60.7 Å². The fourth-order valence-corrected chi connectivity index (χ4v) is 3.92. The fraction of sp³-hybridized carbons (Fsp3) is 0.125. The van der Waals surface area contributed by atoms with Crippen LogP contribution in [0.4, 0.5) is 0 Å². The molecule has 0 unspecified atom stereocenters. The van der Waals surface area contributed by atoms with Crippen LogP contribution in [-0.4, -0.2) is 19.6 Å². The number of rotatable bonds is 2. The molecule has 1 aliphatic heterocycles. The number of hydrogen-bond donors (Lipinski definition) is 0. The number of hydrogen-bond acceptors (Lipinski definition) is 3. The molecule has 1 aliphatic carbocycles. The predicted octanol–water partition coefficient (Wildman–Crippen LogP) is 4.90. The van der Waals surface area contributed by atoms with Crippen LogP contribution in [0.1, 0.15) is 27.8 Å². The summed E-state index contributed by atoms with van der Waals surface area (Å²) in [5.74, 6) is 1.49. The Kier molecular flexibility index (Phi) is 3.61. The summed E-state index contributed by atoms with van der Waals surface area (Å²) in [5, 5.41) is 0. The molecule has 0 saturated carbocycles. The van der Waals surface area contributed by atoms with Crippen molar-refractivity contribution in [1.82, 2.24) is 0 Å². The molecule has 3 heteroatoms. The highest BCUT2D eigenvalue weighted by Crippen LogP contribution is 2.44. The molecule has 0 saturated heterocycles. The van der Waals surface area contributed by atoms with E-state index in [1.54, 1.807) is 7.11 Å². The van der Waals surface area contributed by atoms with E-state index < -0.39 is 5.60 Å². The highest BCUT2D eigenvalue weighted by molar-refractivity contribution is 5.96. The summed E-state index contributed by atoms with van der Waals surface area (Å²) in [6.45, 7) is 0.560. The summed E-state index contributed by atoms with van der Waals surface area (Å²) in [4.78, 5) is 4.80. The molecule has 0 radical (unpaired) electrons. The van der Waals surface area contributed by atoms with Gasteiger partial charge < -0.3 is 9.47 Å². The van der Waals surface area contributed by atoms with Gasteiger partial charge >= 0.3 is 0 Å². The van der Waals surface area contributed by atoms with Gasteiger partial charge in [-0.2, -0.15) is 0 Å². The zero-order valence-electron chi connectivity index (χ0n) is 15.1. The van der Waals surface area contributed by atoms with E-state index in [9.17, 15) is 0 Å². The van der Waals surface area contributed by atoms with Gasteiger partial charge in [0.25, 0.3) is 0 Å². The molecular weight excluding hydrogens is 334 g/mol. The maximum absolute atomic E-state index is 6.65. The molecule has 0 aromatic heterocycles. The van der Waals surface area contributed by atoms with Crippen molar-refractivity contribution in [2.45, 2.75) is 5.60 Å². The van der Waals surface area contributed by atoms with E-state index in [2.05, 4.69) is 60.7 Å². The SMILES string of the molecule is COc1ccc(C2=NCC3(O2)c2ccccc2C=Cc2ccccc23)cc1. The van der Waals surface area contributed by atoms with Gasteiger partial charge in [-0.05, 0) is 35.4 Å². The molecule has 3 nitrogen and oxygen atoms in total. The van der Waals surface area contributed by atoms with Crippen LogP contribution in [0, 0.1) is 0 Å². The lowest BCUT2D eigenvalue weighted by Gasteiger charge is -2.31. The predicted molar refractivity (Wildman–Crippen MR) is 108 cm³/mol. The van der Waals surface area contributed by atoms with Crippen molar-refractivity contribution in [2.24, 2.45) is 4.99 Å². The Morgan fingerprint density at radius 2 is 1.41 bits per heavy atom. The topological polar surface area (TPSA) is 30.8 Å². The van der Waals surface area contributed by atoms with Crippen molar-refractivity contribution < 1.29 is 9.47 Å². The number of fused-ring (bicyclic) bond motifs is 4. The summed E-state index contributed by atoms with van der Waals surface area (Å²) in [6, 6.07) is 24.7. The summed E-state index contributed by atoms with van der Waals surface area (Å²) in [6.07, 6.45) is 4.33.